The van der Waals surface area contributed by atoms with Gasteiger partial charge in [0, 0.05) is 17.4 Å². The van der Waals surface area contributed by atoms with Gasteiger partial charge in [-0.3, -0.25) is 9.59 Å². The van der Waals surface area contributed by atoms with Crippen molar-refractivity contribution in [3.8, 4) is 0 Å². The Labute approximate surface area is 133 Å². The van der Waals surface area contributed by atoms with Gasteiger partial charge in [0.1, 0.15) is 0 Å². The molecule has 0 aliphatic heterocycles. The van der Waals surface area contributed by atoms with E-state index in [2.05, 4.69) is 20.9 Å². The molecule has 2 rings (SSSR count). The van der Waals surface area contributed by atoms with E-state index in [1.54, 1.807) is 0 Å². The lowest BCUT2D eigenvalue weighted by Gasteiger charge is -2.07. The van der Waals surface area contributed by atoms with Gasteiger partial charge in [0.15, 0.2) is 5.16 Å². The molecule has 0 fully saturated rings. The molecule has 2 aromatic rings. The van der Waals surface area contributed by atoms with Crippen molar-refractivity contribution in [3.05, 3.63) is 22.7 Å². The van der Waals surface area contributed by atoms with Gasteiger partial charge in [0.25, 0.3) is 0 Å². The number of carboxylic acids is 1. The number of imidazole rings is 1. The maximum Gasteiger partial charge on any atom is 0.313 e. The van der Waals surface area contributed by atoms with Gasteiger partial charge in [-0.05, 0) is 24.6 Å². The van der Waals surface area contributed by atoms with Crippen LogP contribution in [0, 0.1) is 0 Å². The van der Waals surface area contributed by atoms with E-state index in [0.29, 0.717) is 24.5 Å². The van der Waals surface area contributed by atoms with Crippen LogP contribution in [-0.2, 0) is 16.1 Å². The minimum Gasteiger partial charge on any atom is -0.481 e. The van der Waals surface area contributed by atoms with E-state index in [-0.39, 0.29) is 11.7 Å². The highest BCUT2D eigenvalue weighted by molar-refractivity contribution is 9.10. The van der Waals surface area contributed by atoms with Gasteiger partial charge in [-0.1, -0.05) is 27.7 Å². The van der Waals surface area contributed by atoms with Gasteiger partial charge in [-0.2, -0.15) is 0 Å². The van der Waals surface area contributed by atoms with Gasteiger partial charge >= 0.3 is 5.97 Å². The van der Waals surface area contributed by atoms with Crippen LogP contribution in [0.15, 0.2) is 27.8 Å². The number of thioether (sulfide) groups is 1. The van der Waals surface area contributed by atoms with Gasteiger partial charge in [0.05, 0.1) is 16.8 Å². The molecule has 6 nitrogen and oxygen atoms in total. The molecule has 0 spiro atoms. The Hall–Kier alpha value is -1.54. The highest BCUT2D eigenvalue weighted by Crippen LogP contribution is 2.26. The maximum absolute atomic E-state index is 10.8. The molecule has 1 amide bonds. The Morgan fingerprint density at radius 3 is 2.86 bits per heavy atom. The number of primary amides is 1. The van der Waals surface area contributed by atoms with Crippen molar-refractivity contribution < 1.29 is 14.7 Å². The van der Waals surface area contributed by atoms with E-state index in [9.17, 15) is 9.59 Å². The lowest BCUT2D eigenvalue weighted by atomic mass is 10.3. The number of nitrogens with zero attached hydrogens (tertiary/aromatic N) is 2. The number of carbonyl (C=O) groups excluding carboxylic acids is 1. The summed E-state index contributed by atoms with van der Waals surface area (Å²) in [5.41, 5.74) is 6.85. The van der Waals surface area contributed by atoms with Gasteiger partial charge < -0.3 is 15.4 Å². The summed E-state index contributed by atoms with van der Waals surface area (Å²) in [4.78, 5) is 26.0. The first-order valence-corrected chi connectivity index (χ1v) is 8.04. The summed E-state index contributed by atoms with van der Waals surface area (Å²) in [6.07, 6.45) is 0.886. The molecule has 1 aromatic heterocycles. The van der Waals surface area contributed by atoms with Crippen LogP contribution in [0.5, 0.6) is 0 Å². The first kappa shape index (κ1) is 15.8. The molecule has 8 heteroatoms. The zero-order valence-corrected chi connectivity index (χ0v) is 13.5. The quantitative estimate of drug-likeness (QED) is 0.727. The van der Waals surface area contributed by atoms with Crippen LogP contribution in [0.25, 0.3) is 11.0 Å². The highest BCUT2D eigenvalue weighted by Gasteiger charge is 2.13. The van der Waals surface area contributed by atoms with Crippen LogP contribution < -0.4 is 5.73 Å². The topological polar surface area (TPSA) is 98.2 Å². The van der Waals surface area contributed by atoms with Crippen molar-refractivity contribution in [1.82, 2.24) is 9.55 Å². The molecule has 0 aliphatic carbocycles. The first-order valence-electron chi connectivity index (χ1n) is 6.26. The lowest BCUT2D eigenvalue weighted by Crippen LogP contribution is -2.12. The minimum absolute atomic E-state index is 0.0552. The summed E-state index contributed by atoms with van der Waals surface area (Å²) >= 11 is 4.56. The molecule has 1 heterocycles. The molecule has 0 radical (unpaired) electrons. The summed E-state index contributed by atoms with van der Waals surface area (Å²) in [5, 5.41) is 9.44. The number of aromatic nitrogens is 2. The number of rotatable bonds is 7. The number of aryl methyl sites for hydroxylation is 1. The van der Waals surface area contributed by atoms with Crippen molar-refractivity contribution in [2.75, 3.05) is 5.75 Å². The van der Waals surface area contributed by atoms with Gasteiger partial charge in [-0.15, -0.1) is 0 Å². The van der Waals surface area contributed by atoms with Gasteiger partial charge in [0.2, 0.25) is 5.91 Å². The fraction of sp³-hybridized carbons (Fsp3) is 0.308. The third-order valence-corrected chi connectivity index (χ3v) is 4.26. The second-order valence-corrected chi connectivity index (χ2v) is 6.29. The summed E-state index contributed by atoms with van der Waals surface area (Å²) in [7, 11) is 0. The molecular weight excluding hydrogens is 358 g/mol. The van der Waals surface area contributed by atoms with Crippen LogP contribution in [0.2, 0.25) is 0 Å². The SMILES string of the molecule is NC(=O)CCCn1c(SCC(=O)O)nc2cc(Br)ccc21. The molecule has 112 valence electrons. The second-order valence-electron chi connectivity index (χ2n) is 4.43. The van der Waals surface area contributed by atoms with Crippen LogP contribution in [0.1, 0.15) is 12.8 Å². The van der Waals surface area contributed by atoms with Crippen molar-refractivity contribution in [1.29, 1.82) is 0 Å². The highest BCUT2D eigenvalue weighted by atomic mass is 79.9. The van der Waals surface area contributed by atoms with Crippen molar-refractivity contribution in [2.24, 2.45) is 5.73 Å². The predicted octanol–water partition coefficient (Wildman–Crippen LogP) is 2.24. The maximum atomic E-state index is 10.8. The second kappa shape index (κ2) is 6.95. The molecule has 3 N–H and O–H groups in total. The molecule has 0 aliphatic rings. The fourth-order valence-electron chi connectivity index (χ4n) is 1.94. The normalized spacial score (nSPS) is 10.9. The largest absolute Gasteiger partial charge is 0.481 e. The number of nitrogens with two attached hydrogens (primary N) is 1. The zero-order chi connectivity index (χ0) is 15.4. The molecule has 0 atom stereocenters. The molecular formula is C13H14BrN3O3S. The summed E-state index contributed by atoms with van der Waals surface area (Å²) in [5.74, 6) is -1.29. The summed E-state index contributed by atoms with van der Waals surface area (Å²) in [6.45, 7) is 0.572. The average Bonchev–Trinajstić information content (AvgIpc) is 2.73. The number of halogens is 1. The molecule has 0 unspecified atom stereocenters. The average molecular weight is 372 g/mol. The van der Waals surface area contributed by atoms with Crippen LogP contribution >= 0.6 is 27.7 Å². The summed E-state index contributed by atoms with van der Waals surface area (Å²) in [6, 6.07) is 5.70. The van der Waals surface area contributed by atoms with Crippen LogP contribution in [-0.4, -0.2) is 32.3 Å². The zero-order valence-electron chi connectivity index (χ0n) is 11.1. The number of carbonyl (C=O) groups is 2. The molecule has 0 bridgehead atoms. The van der Waals surface area contributed by atoms with Crippen molar-refractivity contribution in [3.63, 3.8) is 0 Å². The number of amides is 1. The number of carboxylic acid groups (broad SMARTS) is 1. The molecule has 21 heavy (non-hydrogen) atoms. The van der Waals surface area contributed by atoms with Gasteiger partial charge in [-0.25, -0.2) is 4.98 Å². The van der Waals surface area contributed by atoms with E-state index >= 15 is 0 Å². The van der Waals surface area contributed by atoms with E-state index in [0.717, 1.165) is 15.5 Å². The Bertz CT molecular complexity index is 687. The minimum atomic E-state index is -0.892. The Balaban J connectivity index is 2.29. The predicted molar refractivity (Wildman–Crippen MR) is 84.2 cm³/mol. The summed E-state index contributed by atoms with van der Waals surface area (Å²) < 4.78 is 2.84. The number of hydrogen-bond donors (Lipinski definition) is 2. The Morgan fingerprint density at radius 1 is 1.43 bits per heavy atom. The van der Waals surface area contributed by atoms with Crippen molar-refractivity contribution >= 4 is 50.6 Å². The number of benzene rings is 1. The molecule has 1 aromatic carbocycles. The smallest absolute Gasteiger partial charge is 0.313 e. The monoisotopic (exact) mass is 371 g/mol. The lowest BCUT2D eigenvalue weighted by molar-refractivity contribution is -0.133. The first-order chi connectivity index (χ1) is 9.97. The van der Waals surface area contributed by atoms with Crippen LogP contribution in [0.3, 0.4) is 0 Å². The standard InChI is InChI=1S/C13H14BrN3O3S/c14-8-3-4-10-9(6-8)16-13(21-7-12(19)20)17(10)5-1-2-11(15)18/h3-4,6H,1-2,5,7H2,(H2,15,18)(H,19,20). The van der Waals surface area contributed by atoms with E-state index in [1.807, 2.05) is 22.8 Å². The van der Waals surface area contributed by atoms with E-state index in [4.69, 9.17) is 10.8 Å². The number of aliphatic carboxylic acids is 1. The van der Waals surface area contributed by atoms with Crippen LogP contribution in [0.4, 0.5) is 0 Å². The molecule has 0 saturated heterocycles. The number of hydrogen-bond acceptors (Lipinski definition) is 4. The number of fused-ring (bicyclic) bond motifs is 1. The third-order valence-electron chi connectivity index (χ3n) is 2.80. The Morgan fingerprint density at radius 2 is 2.19 bits per heavy atom. The molecule has 0 saturated carbocycles. The van der Waals surface area contributed by atoms with E-state index < -0.39 is 5.97 Å². The third kappa shape index (κ3) is 4.21. The fourth-order valence-corrected chi connectivity index (χ4v) is 3.05. The van der Waals surface area contributed by atoms with Crippen molar-refractivity contribution in [2.45, 2.75) is 24.5 Å². The Kier molecular flexibility index (Phi) is 5.24. The van der Waals surface area contributed by atoms with E-state index in [1.165, 1.54) is 11.8 Å².